The Morgan fingerprint density at radius 3 is 2.67 bits per heavy atom. The predicted octanol–water partition coefficient (Wildman–Crippen LogP) is 3.10. The molecule has 1 saturated carbocycles. The van der Waals surface area contributed by atoms with Crippen molar-refractivity contribution in [1.82, 2.24) is 0 Å². The van der Waals surface area contributed by atoms with Crippen LogP contribution < -0.4 is 5.73 Å². The summed E-state index contributed by atoms with van der Waals surface area (Å²) < 4.78 is 12.4. The van der Waals surface area contributed by atoms with E-state index in [1.165, 1.54) is 0 Å². The third-order valence-electron chi connectivity index (χ3n) is 3.66. The van der Waals surface area contributed by atoms with Crippen molar-refractivity contribution >= 4 is 22.4 Å². The van der Waals surface area contributed by atoms with Gasteiger partial charge in [-0.05, 0) is 42.9 Å². The summed E-state index contributed by atoms with van der Waals surface area (Å²) in [5.74, 6) is 1.23. The van der Waals surface area contributed by atoms with E-state index < -0.39 is 10.8 Å². The second-order valence-electron chi connectivity index (χ2n) is 5.27. The molecule has 0 aliphatic heterocycles. The molecule has 0 saturated heterocycles. The fourth-order valence-corrected chi connectivity index (χ4v) is 4.44. The zero-order valence-electron chi connectivity index (χ0n) is 10.6. The fraction of sp³-hybridized carbons (Fsp3) is 0.571. The van der Waals surface area contributed by atoms with Crippen molar-refractivity contribution in [3.63, 3.8) is 0 Å². The lowest BCUT2D eigenvalue weighted by Crippen LogP contribution is -2.42. The first kappa shape index (κ1) is 14.0. The van der Waals surface area contributed by atoms with E-state index in [0.29, 0.717) is 16.7 Å². The van der Waals surface area contributed by atoms with Gasteiger partial charge in [0.2, 0.25) is 0 Å². The minimum atomic E-state index is -0.883. The van der Waals surface area contributed by atoms with Crippen LogP contribution in [0, 0.1) is 5.92 Å². The molecule has 0 spiro atoms. The molecule has 1 aromatic carbocycles. The van der Waals surface area contributed by atoms with Gasteiger partial charge >= 0.3 is 0 Å². The van der Waals surface area contributed by atoms with E-state index in [1.54, 1.807) is 0 Å². The van der Waals surface area contributed by atoms with Gasteiger partial charge in [0.05, 0.1) is 5.25 Å². The first-order chi connectivity index (χ1) is 8.56. The molecule has 1 aliphatic rings. The molecule has 4 heteroatoms. The van der Waals surface area contributed by atoms with Gasteiger partial charge in [0, 0.05) is 27.6 Å². The third-order valence-corrected chi connectivity index (χ3v) is 5.75. The highest BCUT2D eigenvalue weighted by Crippen LogP contribution is 2.27. The van der Waals surface area contributed by atoms with E-state index in [1.807, 2.05) is 24.3 Å². The van der Waals surface area contributed by atoms with Gasteiger partial charge < -0.3 is 5.73 Å². The minimum absolute atomic E-state index is 0.0920. The maximum atomic E-state index is 12.4. The van der Waals surface area contributed by atoms with Gasteiger partial charge in [0.15, 0.2) is 0 Å². The molecule has 1 aliphatic carbocycles. The second kappa shape index (κ2) is 6.18. The van der Waals surface area contributed by atoms with Gasteiger partial charge in [0.25, 0.3) is 0 Å². The van der Waals surface area contributed by atoms with Crippen LogP contribution in [-0.2, 0) is 16.6 Å². The largest absolute Gasteiger partial charge is 0.327 e. The molecule has 2 N–H and O–H groups in total. The van der Waals surface area contributed by atoms with E-state index in [9.17, 15) is 4.21 Å². The molecule has 4 atom stereocenters. The van der Waals surface area contributed by atoms with Crippen LogP contribution in [-0.4, -0.2) is 15.5 Å². The lowest BCUT2D eigenvalue weighted by Gasteiger charge is -2.31. The Balaban J connectivity index is 2.00. The van der Waals surface area contributed by atoms with E-state index in [4.69, 9.17) is 17.3 Å². The van der Waals surface area contributed by atoms with Crippen molar-refractivity contribution < 1.29 is 4.21 Å². The molecule has 1 aromatic rings. The Morgan fingerprint density at radius 2 is 2.00 bits per heavy atom. The lowest BCUT2D eigenvalue weighted by atomic mass is 9.87. The minimum Gasteiger partial charge on any atom is -0.327 e. The fourth-order valence-electron chi connectivity index (χ4n) is 2.51. The molecule has 4 unspecified atom stereocenters. The molecular formula is C14H20ClNOS. The van der Waals surface area contributed by atoms with Crippen molar-refractivity contribution in [2.75, 3.05) is 0 Å². The average molecular weight is 286 g/mol. The molecule has 1 fully saturated rings. The van der Waals surface area contributed by atoms with Crippen LogP contribution in [0.15, 0.2) is 24.3 Å². The van der Waals surface area contributed by atoms with Crippen LogP contribution in [0.5, 0.6) is 0 Å². The highest BCUT2D eigenvalue weighted by atomic mass is 35.5. The van der Waals surface area contributed by atoms with Crippen LogP contribution >= 0.6 is 11.6 Å². The highest BCUT2D eigenvalue weighted by Gasteiger charge is 2.30. The Morgan fingerprint density at radius 1 is 1.33 bits per heavy atom. The highest BCUT2D eigenvalue weighted by molar-refractivity contribution is 7.84. The topological polar surface area (TPSA) is 43.1 Å². The summed E-state index contributed by atoms with van der Waals surface area (Å²) in [6.07, 6.45) is 3.15. The van der Waals surface area contributed by atoms with Crippen LogP contribution in [0.1, 0.15) is 31.7 Å². The van der Waals surface area contributed by atoms with Crippen LogP contribution in [0.25, 0.3) is 0 Å². The van der Waals surface area contributed by atoms with Crippen molar-refractivity contribution in [3.8, 4) is 0 Å². The third kappa shape index (κ3) is 3.56. The van der Waals surface area contributed by atoms with Crippen LogP contribution in [0.2, 0.25) is 5.02 Å². The van der Waals surface area contributed by atoms with E-state index >= 15 is 0 Å². The molecule has 0 bridgehead atoms. The molecule has 0 radical (unpaired) electrons. The van der Waals surface area contributed by atoms with Gasteiger partial charge in [-0.3, -0.25) is 4.21 Å². The summed E-state index contributed by atoms with van der Waals surface area (Å²) in [6.45, 7) is 2.22. The molecule has 0 amide bonds. The molecule has 0 heterocycles. The van der Waals surface area contributed by atoms with Crippen LogP contribution in [0.3, 0.4) is 0 Å². The second-order valence-corrected chi connectivity index (χ2v) is 7.36. The first-order valence-electron chi connectivity index (χ1n) is 6.43. The van der Waals surface area contributed by atoms with Crippen LogP contribution in [0.4, 0.5) is 0 Å². The number of hydrogen-bond donors (Lipinski definition) is 1. The maximum absolute atomic E-state index is 12.4. The Labute approximate surface area is 116 Å². The summed E-state index contributed by atoms with van der Waals surface area (Å²) >= 11 is 5.84. The van der Waals surface area contributed by atoms with Crippen molar-refractivity contribution in [2.45, 2.75) is 43.2 Å². The normalized spacial score (nSPS) is 30.1. The summed E-state index contributed by atoms with van der Waals surface area (Å²) in [5, 5.41) is 0.858. The zero-order chi connectivity index (χ0) is 13.1. The first-order valence-corrected chi connectivity index (χ1v) is 8.19. The standard InChI is InChI=1S/C14H20ClNOS/c1-10-2-7-13(16)14(8-10)18(17)9-11-3-5-12(15)6-4-11/h3-6,10,13-14H,2,7-9,16H2,1H3. The quantitative estimate of drug-likeness (QED) is 0.927. The Hall–Kier alpha value is -0.380. The van der Waals surface area contributed by atoms with Gasteiger partial charge in [-0.15, -0.1) is 0 Å². The number of hydrogen-bond acceptors (Lipinski definition) is 2. The molecular weight excluding hydrogens is 266 g/mol. The van der Waals surface area contributed by atoms with Gasteiger partial charge in [0.1, 0.15) is 0 Å². The Kier molecular flexibility index (Phi) is 4.82. The van der Waals surface area contributed by atoms with Crippen molar-refractivity contribution in [3.05, 3.63) is 34.9 Å². The lowest BCUT2D eigenvalue weighted by molar-refractivity contribution is 0.353. The average Bonchev–Trinajstić information content (AvgIpc) is 2.35. The maximum Gasteiger partial charge on any atom is 0.0504 e. The summed E-state index contributed by atoms with van der Waals surface area (Å²) in [5.41, 5.74) is 7.18. The van der Waals surface area contributed by atoms with Gasteiger partial charge in [-0.25, -0.2) is 0 Å². The number of nitrogens with two attached hydrogens (primary N) is 1. The number of benzene rings is 1. The molecule has 18 heavy (non-hydrogen) atoms. The smallest absolute Gasteiger partial charge is 0.0504 e. The molecule has 0 aromatic heterocycles. The van der Waals surface area contributed by atoms with E-state index in [2.05, 4.69) is 6.92 Å². The number of halogens is 1. The Bertz CT molecular complexity index is 420. The number of rotatable bonds is 3. The molecule has 100 valence electrons. The summed E-state index contributed by atoms with van der Waals surface area (Å²) in [4.78, 5) is 0. The van der Waals surface area contributed by atoms with Gasteiger partial charge in [-0.1, -0.05) is 30.7 Å². The summed E-state index contributed by atoms with van der Waals surface area (Å²) in [6, 6.07) is 7.67. The van der Waals surface area contributed by atoms with Crippen molar-refractivity contribution in [1.29, 1.82) is 0 Å². The van der Waals surface area contributed by atoms with E-state index in [0.717, 1.165) is 24.8 Å². The van der Waals surface area contributed by atoms with Gasteiger partial charge in [-0.2, -0.15) is 0 Å². The molecule has 2 rings (SSSR count). The SMILES string of the molecule is CC1CCC(N)C(S(=O)Cc2ccc(Cl)cc2)C1. The van der Waals surface area contributed by atoms with E-state index in [-0.39, 0.29) is 11.3 Å². The zero-order valence-corrected chi connectivity index (χ0v) is 12.2. The summed E-state index contributed by atoms with van der Waals surface area (Å²) in [7, 11) is -0.883. The monoisotopic (exact) mass is 285 g/mol. The molecule has 2 nitrogen and oxygen atoms in total. The predicted molar refractivity (Wildman–Crippen MR) is 78.1 cm³/mol. The van der Waals surface area contributed by atoms with Crippen molar-refractivity contribution in [2.24, 2.45) is 11.7 Å².